The van der Waals surface area contributed by atoms with E-state index in [0.29, 0.717) is 0 Å². The maximum absolute atomic E-state index is 2.41. The summed E-state index contributed by atoms with van der Waals surface area (Å²) in [6.07, 6.45) is 12.6. The molecule has 0 N–H and O–H groups in total. The summed E-state index contributed by atoms with van der Waals surface area (Å²) in [5.41, 5.74) is 0. The molecule has 0 saturated heterocycles. The summed E-state index contributed by atoms with van der Waals surface area (Å²) in [6, 6.07) is 0. The van der Waals surface area contributed by atoms with E-state index in [4.69, 9.17) is 0 Å². The van der Waals surface area contributed by atoms with E-state index in [1.807, 2.05) is 0 Å². The van der Waals surface area contributed by atoms with E-state index in [2.05, 4.69) is 27.7 Å². The Kier molecular flexibility index (Phi) is 17.5. The molecule has 0 aliphatic heterocycles. The average Bonchev–Trinajstić information content (AvgIpc) is 2.39. The highest BCUT2D eigenvalue weighted by Crippen LogP contribution is 2.15. The maximum Gasteiger partial charge on any atom is 0.0786 e. The molecule has 0 bridgehead atoms. The first-order valence-electron chi connectivity index (χ1n) is 8.59. The minimum Gasteiger partial charge on any atom is -1.00 e. The lowest BCUT2D eigenvalue weighted by molar-refractivity contribution is -0.927. The summed E-state index contributed by atoms with van der Waals surface area (Å²) < 4.78 is 1.40. The largest absolute Gasteiger partial charge is 1.00 e. The molecule has 0 spiro atoms. The van der Waals surface area contributed by atoms with Gasteiger partial charge in [-0.25, -0.2) is 0 Å². The highest BCUT2D eigenvalue weighted by molar-refractivity contribution is 4.49. The average molecular weight is 383 g/mol. The molecule has 0 aliphatic carbocycles. The van der Waals surface area contributed by atoms with Gasteiger partial charge in [-0.2, -0.15) is 0 Å². The molecule has 0 saturated carbocycles. The number of hydrogen-bond donors (Lipinski definition) is 0. The Morgan fingerprint density at radius 1 is 0.526 bits per heavy atom. The molecule has 2 heteroatoms. The van der Waals surface area contributed by atoms with Crippen LogP contribution in [0.25, 0.3) is 0 Å². The summed E-state index contributed by atoms with van der Waals surface area (Å²) in [6.45, 7) is 15.0. The third-order valence-corrected chi connectivity index (χ3v) is 4.38. The fourth-order valence-electron chi connectivity index (χ4n) is 2.90. The lowest BCUT2D eigenvalue weighted by atomic mass is 10.1. The van der Waals surface area contributed by atoms with Gasteiger partial charge in [0.25, 0.3) is 0 Å². The highest BCUT2D eigenvalue weighted by Gasteiger charge is 2.23. The quantitative estimate of drug-likeness (QED) is 0.260. The van der Waals surface area contributed by atoms with Gasteiger partial charge in [0.15, 0.2) is 0 Å². The van der Waals surface area contributed by atoms with Crippen molar-refractivity contribution in [3.8, 4) is 0 Å². The summed E-state index contributed by atoms with van der Waals surface area (Å²) >= 11 is 0. The van der Waals surface area contributed by atoms with Crippen molar-refractivity contribution >= 4 is 0 Å². The van der Waals surface area contributed by atoms with Crippen molar-refractivity contribution in [2.24, 2.45) is 0 Å². The third kappa shape index (κ3) is 11.1. The predicted molar refractivity (Wildman–Crippen MR) is 84.0 cm³/mol. The molecule has 0 unspecified atom stereocenters. The Hall–Kier alpha value is 0.690. The van der Waals surface area contributed by atoms with Crippen LogP contribution in [0, 0.1) is 0 Å². The molecule has 0 aromatic carbocycles. The van der Waals surface area contributed by atoms with Crippen LogP contribution in [0.3, 0.4) is 0 Å². The number of halogens is 1. The molecule has 0 radical (unpaired) electrons. The van der Waals surface area contributed by atoms with E-state index >= 15 is 0 Å². The molecular formula is C17H38IN. The first-order chi connectivity index (χ1) is 8.74. The van der Waals surface area contributed by atoms with Gasteiger partial charge in [-0.15, -0.1) is 0 Å². The third-order valence-electron chi connectivity index (χ3n) is 4.38. The van der Waals surface area contributed by atoms with Gasteiger partial charge in [-0.05, 0) is 45.4 Å². The van der Waals surface area contributed by atoms with Crippen LogP contribution >= 0.6 is 0 Å². The first-order valence-corrected chi connectivity index (χ1v) is 8.59. The van der Waals surface area contributed by atoms with Gasteiger partial charge in [-0.3, -0.25) is 0 Å². The zero-order chi connectivity index (χ0) is 13.7. The molecule has 0 aromatic heterocycles. The van der Waals surface area contributed by atoms with Crippen LogP contribution in [0.1, 0.15) is 85.5 Å². The Morgan fingerprint density at radius 3 is 1.05 bits per heavy atom. The second kappa shape index (κ2) is 15.1. The van der Waals surface area contributed by atoms with Crippen molar-refractivity contribution in [2.75, 3.05) is 26.2 Å². The standard InChI is InChI=1S/C17H38N.HI/c1-5-9-12-15-18(8-4,16-13-10-6-2)17-14-11-7-3;/h5-17H2,1-4H3;1H/q+1;/p-1. The van der Waals surface area contributed by atoms with E-state index in [1.54, 1.807) is 0 Å². The molecule has 0 rings (SSSR count). The van der Waals surface area contributed by atoms with Crippen LogP contribution in [-0.2, 0) is 0 Å². The number of unbranched alkanes of at least 4 members (excludes halogenated alkanes) is 6. The molecule has 0 amide bonds. The van der Waals surface area contributed by atoms with E-state index in [0.717, 1.165) is 0 Å². The predicted octanol–water partition coefficient (Wildman–Crippen LogP) is 2.40. The SMILES string of the molecule is CCCCC[N+](CC)(CCCCC)CCCCC.[I-]. The van der Waals surface area contributed by atoms with E-state index in [-0.39, 0.29) is 24.0 Å². The molecule has 1 nitrogen and oxygen atoms in total. The minimum atomic E-state index is 0. The molecule has 19 heavy (non-hydrogen) atoms. The van der Waals surface area contributed by atoms with Crippen molar-refractivity contribution in [1.29, 1.82) is 0 Å². The minimum absolute atomic E-state index is 0. The van der Waals surface area contributed by atoms with Gasteiger partial charge in [0.2, 0.25) is 0 Å². The summed E-state index contributed by atoms with van der Waals surface area (Å²) in [7, 11) is 0. The lowest BCUT2D eigenvalue weighted by Crippen LogP contribution is -3.00. The Labute approximate surface area is 140 Å². The fraction of sp³-hybridized carbons (Fsp3) is 1.00. The molecule has 0 heterocycles. The zero-order valence-corrected chi connectivity index (χ0v) is 16.2. The number of quaternary nitrogens is 1. The summed E-state index contributed by atoms with van der Waals surface area (Å²) in [5, 5.41) is 0. The fourth-order valence-corrected chi connectivity index (χ4v) is 2.90. The van der Waals surface area contributed by atoms with Crippen molar-refractivity contribution in [3.63, 3.8) is 0 Å². The topological polar surface area (TPSA) is 0 Å². The van der Waals surface area contributed by atoms with Gasteiger partial charge in [0, 0.05) is 0 Å². The number of rotatable bonds is 13. The van der Waals surface area contributed by atoms with Gasteiger partial charge >= 0.3 is 0 Å². The van der Waals surface area contributed by atoms with Gasteiger partial charge in [-0.1, -0.05) is 40.0 Å². The van der Waals surface area contributed by atoms with Crippen LogP contribution in [0.4, 0.5) is 0 Å². The Bertz CT molecular complexity index is 144. The smallest absolute Gasteiger partial charge is 0.0786 e. The van der Waals surface area contributed by atoms with Crippen molar-refractivity contribution in [2.45, 2.75) is 85.5 Å². The summed E-state index contributed by atoms with van der Waals surface area (Å²) in [4.78, 5) is 0. The van der Waals surface area contributed by atoms with Crippen LogP contribution < -0.4 is 24.0 Å². The van der Waals surface area contributed by atoms with E-state index in [9.17, 15) is 0 Å². The molecule has 0 fully saturated rings. The second-order valence-corrected chi connectivity index (χ2v) is 5.95. The van der Waals surface area contributed by atoms with Crippen LogP contribution in [-0.4, -0.2) is 30.7 Å². The van der Waals surface area contributed by atoms with E-state index < -0.39 is 0 Å². The number of hydrogen-bond acceptors (Lipinski definition) is 0. The van der Waals surface area contributed by atoms with Crippen LogP contribution in [0.15, 0.2) is 0 Å². The molecule has 118 valence electrons. The lowest BCUT2D eigenvalue weighted by Gasteiger charge is -2.38. The summed E-state index contributed by atoms with van der Waals surface area (Å²) in [5.74, 6) is 0. The first kappa shape index (κ1) is 22.0. The Balaban J connectivity index is 0. The van der Waals surface area contributed by atoms with E-state index in [1.165, 1.54) is 88.4 Å². The second-order valence-electron chi connectivity index (χ2n) is 5.95. The normalized spacial score (nSPS) is 11.4. The zero-order valence-electron chi connectivity index (χ0n) is 14.0. The van der Waals surface area contributed by atoms with Crippen molar-refractivity contribution in [3.05, 3.63) is 0 Å². The van der Waals surface area contributed by atoms with Gasteiger partial charge in [0.05, 0.1) is 26.2 Å². The van der Waals surface area contributed by atoms with Gasteiger partial charge in [0.1, 0.15) is 0 Å². The van der Waals surface area contributed by atoms with Crippen LogP contribution in [0.2, 0.25) is 0 Å². The van der Waals surface area contributed by atoms with Crippen LogP contribution in [0.5, 0.6) is 0 Å². The monoisotopic (exact) mass is 383 g/mol. The molecule has 0 aromatic rings. The molecule has 0 aliphatic rings. The highest BCUT2D eigenvalue weighted by atomic mass is 127. The molecule has 0 atom stereocenters. The maximum atomic E-state index is 2.41. The number of nitrogens with zero attached hydrogens (tertiary/aromatic N) is 1. The van der Waals surface area contributed by atoms with Gasteiger partial charge < -0.3 is 28.5 Å². The van der Waals surface area contributed by atoms with Crippen molar-refractivity contribution < 1.29 is 28.5 Å². The van der Waals surface area contributed by atoms with Crippen molar-refractivity contribution in [1.82, 2.24) is 0 Å². The molecular weight excluding hydrogens is 345 g/mol. The Morgan fingerprint density at radius 2 is 0.842 bits per heavy atom.